The van der Waals surface area contributed by atoms with Crippen molar-refractivity contribution in [1.29, 1.82) is 0 Å². The third-order valence-electron chi connectivity index (χ3n) is 5.10. The van der Waals surface area contributed by atoms with Gasteiger partial charge < -0.3 is 19.4 Å². The van der Waals surface area contributed by atoms with Crippen molar-refractivity contribution in [3.63, 3.8) is 0 Å². The SMILES string of the molecule is Cc1nnc(CNC(=O)c2ccc(N3CCC(Oc4ccccc4C(F)(F)F)CC3)nn2)o1. The quantitative estimate of drug-likeness (QED) is 0.596. The molecule has 0 unspecified atom stereocenters. The molecule has 1 N–H and O–H groups in total. The minimum absolute atomic E-state index is 0.0775. The van der Waals surface area contributed by atoms with E-state index in [9.17, 15) is 18.0 Å². The summed E-state index contributed by atoms with van der Waals surface area (Å²) in [4.78, 5) is 14.2. The smallest absolute Gasteiger partial charge is 0.419 e. The highest BCUT2D eigenvalue weighted by Crippen LogP contribution is 2.37. The Morgan fingerprint density at radius 2 is 1.88 bits per heavy atom. The number of hydrogen-bond donors (Lipinski definition) is 1. The van der Waals surface area contributed by atoms with E-state index < -0.39 is 17.6 Å². The van der Waals surface area contributed by atoms with Crippen LogP contribution in [0.25, 0.3) is 0 Å². The Morgan fingerprint density at radius 3 is 2.52 bits per heavy atom. The molecule has 0 atom stereocenters. The monoisotopic (exact) mass is 462 g/mol. The molecule has 1 saturated heterocycles. The van der Waals surface area contributed by atoms with Crippen LogP contribution in [0.15, 0.2) is 40.8 Å². The number of nitrogens with one attached hydrogen (secondary N) is 1. The lowest BCUT2D eigenvalue weighted by atomic mass is 10.1. The lowest BCUT2D eigenvalue weighted by Crippen LogP contribution is -2.39. The molecule has 2 aromatic heterocycles. The number of hydrogen-bond acceptors (Lipinski definition) is 8. The number of nitrogens with zero attached hydrogens (tertiary/aromatic N) is 5. The van der Waals surface area contributed by atoms with Crippen LogP contribution in [0, 0.1) is 6.92 Å². The van der Waals surface area contributed by atoms with Gasteiger partial charge in [0, 0.05) is 32.9 Å². The van der Waals surface area contributed by atoms with E-state index in [-0.39, 0.29) is 30.0 Å². The van der Waals surface area contributed by atoms with Gasteiger partial charge in [-0.25, -0.2) is 0 Å². The molecule has 1 amide bonds. The summed E-state index contributed by atoms with van der Waals surface area (Å²) in [6, 6.07) is 8.45. The summed E-state index contributed by atoms with van der Waals surface area (Å²) in [6.45, 7) is 2.80. The predicted octanol–water partition coefficient (Wildman–Crippen LogP) is 3.16. The number of carbonyl (C=O) groups excluding carboxylic acids is 1. The molecule has 1 fully saturated rings. The third-order valence-corrected chi connectivity index (χ3v) is 5.10. The van der Waals surface area contributed by atoms with E-state index in [1.54, 1.807) is 19.1 Å². The van der Waals surface area contributed by atoms with Crippen LogP contribution in [0.1, 0.15) is 40.7 Å². The summed E-state index contributed by atoms with van der Waals surface area (Å²) in [5.74, 6) is 0.679. The first-order chi connectivity index (χ1) is 15.8. The molecular formula is C21H21F3N6O3. The van der Waals surface area contributed by atoms with Crippen LogP contribution in [0.2, 0.25) is 0 Å². The van der Waals surface area contributed by atoms with Crippen molar-refractivity contribution in [2.45, 2.75) is 38.6 Å². The van der Waals surface area contributed by atoms with Crippen molar-refractivity contribution in [1.82, 2.24) is 25.7 Å². The van der Waals surface area contributed by atoms with E-state index in [4.69, 9.17) is 9.15 Å². The average molecular weight is 462 g/mol. The second kappa shape index (κ2) is 9.43. The largest absolute Gasteiger partial charge is 0.490 e. The fourth-order valence-corrected chi connectivity index (χ4v) is 3.46. The number of para-hydroxylation sites is 1. The number of benzene rings is 1. The fraction of sp³-hybridized carbons (Fsp3) is 0.381. The molecule has 1 aromatic carbocycles. The number of ether oxygens (including phenoxy) is 1. The lowest BCUT2D eigenvalue weighted by Gasteiger charge is -2.33. The maximum Gasteiger partial charge on any atom is 0.419 e. The first-order valence-electron chi connectivity index (χ1n) is 10.3. The number of aryl methyl sites for hydroxylation is 1. The number of anilines is 1. The number of carbonyl (C=O) groups is 1. The van der Waals surface area contributed by atoms with Crippen LogP contribution in [0.3, 0.4) is 0 Å². The van der Waals surface area contributed by atoms with Gasteiger partial charge >= 0.3 is 6.18 Å². The van der Waals surface area contributed by atoms with E-state index in [1.165, 1.54) is 18.2 Å². The van der Waals surface area contributed by atoms with Gasteiger partial charge in [0.05, 0.1) is 12.1 Å². The van der Waals surface area contributed by atoms with Gasteiger partial charge in [0.15, 0.2) is 11.5 Å². The van der Waals surface area contributed by atoms with Gasteiger partial charge in [-0.1, -0.05) is 12.1 Å². The van der Waals surface area contributed by atoms with Crippen LogP contribution in [-0.4, -0.2) is 45.5 Å². The maximum absolute atomic E-state index is 13.2. The van der Waals surface area contributed by atoms with E-state index in [2.05, 4.69) is 25.7 Å². The highest BCUT2D eigenvalue weighted by atomic mass is 19.4. The molecule has 3 aromatic rings. The Bertz CT molecular complexity index is 1100. The van der Waals surface area contributed by atoms with Crippen LogP contribution in [0.4, 0.5) is 19.0 Å². The van der Waals surface area contributed by atoms with E-state index in [1.807, 2.05) is 4.90 Å². The maximum atomic E-state index is 13.2. The number of rotatable bonds is 6. The van der Waals surface area contributed by atoms with Crippen LogP contribution < -0.4 is 15.0 Å². The molecule has 1 aliphatic rings. The molecule has 0 bridgehead atoms. The molecule has 1 aliphatic heterocycles. The Balaban J connectivity index is 1.30. The van der Waals surface area contributed by atoms with E-state index in [0.29, 0.717) is 37.6 Å². The molecule has 12 heteroatoms. The molecule has 0 saturated carbocycles. The minimum atomic E-state index is -4.47. The van der Waals surface area contributed by atoms with Crippen molar-refractivity contribution in [3.05, 3.63) is 59.4 Å². The molecule has 33 heavy (non-hydrogen) atoms. The van der Waals surface area contributed by atoms with Gasteiger partial charge in [0.2, 0.25) is 11.8 Å². The molecule has 9 nitrogen and oxygen atoms in total. The van der Waals surface area contributed by atoms with Gasteiger partial charge in [-0.15, -0.1) is 20.4 Å². The predicted molar refractivity (Wildman–Crippen MR) is 110 cm³/mol. The number of alkyl halides is 3. The van der Waals surface area contributed by atoms with Crippen LogP contribution in [-0.2, 0) is 12.7 Å². The first kappa shape index (κ1) is 22.5. The van der Waals surface area contributed by atoms with Gasteiger partial charge in [0.1, 0.15) is 11.9 Å². The topological polar surface area (TPSA) is 106 Å². The summed E-state index contributed by atoms with van der Waals surface area (Å²) >= 11 is 0. The van der Waals surface area contributed by atoms with Crippen molar-refractivity contribution in [3.8, 4) is 5.75 Å². The van der Waals surface area contributed by atoms with Gasteiger partial charge in [-0.3, -0.25) is 4.79 Å². The third kappa shape index (κ3) is 5.57. The zero-order valence-electron chi connectivity index (χ0n) is 17.7. The number of piperidine rings is 1. The van der Waals surface area contributed by atoms with E-state index >= 15 is 0 Å². The first-order valence-corrected chi connectivity index (χ1v) is 10.3. The summed E-state index contributed by atoms with van der Waals surface area (Å²) in [6.07, 6.45) is -3.75. The van der Waals surface area contributed by atoms with Gasteiger partial charge in [0.25, 0.3) is 5.91 Å². The number of amides is 1. The summed E-state index contributed by atoms with van der Waals surface area (Å²) in [5, 5.41) is 18.2. The Hall–Kier alpha value is -3.70. The summed E-state index contributed by atoms with van der Waals surface area (Å²) in [5.41, 5.74) is -0.640. The van der Waals surface area contributed by atoms with Crippen molar-refractivity contribution < 1.29 is 27.1 Å². The number of aromatic nitrogens is 4. The second-order valence-electron chi connectivity index (χ2n) is 7.47. The molecule has 4 rings (SSSR count). The Labute approximate surface area is 187 Å². The lowest BCUT2D eigenvalue weighted by molar-refractivity contribution is -0.139. The average Bonchev–Trinajstić information content (AvgIpc) is 3.23. The Kier molecular flexibility index (Phi) is 6.43. The van der Waals surface area contributed by atoms with Crippen molar-refractivity contribution >= 4 is 11.7 Å². The molecule has 0 radical (unpaired) electrons. The standard InChI is InChI=1S/C21H21F3N6O3/c1-13-26-29-19(32-13)12-25-20(31)16-6-7-18(28-27-16)30-10-8-14(9-11-30)33-17-5-3-2-4-15(17)21(22,23)24/h2-7,14H,8-12H2,1H3,(H,25,31). The highest BCUT2D eigenvalue weighted by Gasteiger charge is 2.35. The second-order valence-corrected chi connectivity index (χ2v) is 7.47. The minimum Gasteiger partial charge on any atom is -0.490 e. The van der Waals surface area contributed by atoms with Crippen molar-refractivity contribution in [2.24, 2.45) is 0 Å². The summed E-state index contributed by atoms with van der Waals surface area (Å²) < 4.78 is 50.4. The molecule has 3 heterocycles. The molecular weight excluding hydrogens is 441 g/mol. The fourth-order valence-electron chi connectivity index (χ4n) is 3.46. The van der Waals surface area contributed by atoms with E-state index in [0.717, 1.165) is 6.07 Å². The highest BCUT2D eigenvalue weighted by molar-refractivity contribution is 5.92. The molecule has 174 valence electrons. The zero-order valence-corrected chi connectivity index (χ0v) is 17.7. The van der Waals surface area contributed by atoms with Gasteiger partial charge in [-0.2, -0.15) is 13.2 Å². The normalized spacial score (nSPS) is 14.8. The number of halogens is 3. The Morgan fingerprint density at radius 1 is 1.12 bits per heavy atom. The molecule has 0 aliphatic carbocycles. The van der Waals surface area contributed by atoms with Crippen LogP contribution in [0.5, 0.6) is 5.75 Å². The van der Waals surface area contributed by atoms with Crippen molar-refractivity contribution in [2.75, 3.05) is 18.0 Å². The summed E-state index contributed by atoms with van der Waals surface area (Å²) in [7, 11) is 0. The molecule has 0 spiro atoms. The van der Waals surface area contributed by atoms with Crippen LogP contribution >= 0.6 is 0 Å². The van der Waals surface area contributed by atoms with Gasteiger partial charge in [-0.05, 0) is 24.3 Å². The zero-order chi connectivity index (χ0) is 23.4.